The highest BCUT2D eigenvalue weighted by Crippen LogP contribution is 2.09. The molecule has 3 nitrogen and oxygen atoms in total. The van der Waals surface area contributed by atoms with Crippen LogP contribution in [-0.4, -0.2) is 18.6 Å². The zero-order valence-electron chi connectivity index (χ0n) is 10.1. The van der Waals surface area contributed by atoms with Crippen LogP contribution in [0.4, 0.5) is 0 Å². The summed E-state index contributed by atoms with van der Waals surface area (Å²) in [6.45, 7) is 6.00. The molecule has 0 fully saturated rings. The maximum Gasteiger partial charge on any atom is 0.333 e. The Morgan fingerprint density at radius 1 is 1.33 bits per heavy atom. The molecule has 0 amide bonds. The van der Waals surface area contributed by atoms with E-state index in [9.17, 15) is 4.79 Å². The third kappa shape index (κ3) is 6.91. The minimum absolute atomic E-state index is 0. The highest BCUT2D eigenvalue weighted by Gasteiger charge is 2.02. The quantitative estimate of drug-likeness (QED) is 0.401. The Hall–Kier alpha value is -1.09. The number of unbranched alkanes of at least 4 members (excludes halogenated alkanes) is 1. The van der Waals surface area contributed by atoms with E-state index in [4.69, 9.17) is 0 Å². The van der Waals surface area contributed by atoms with Gasteiger partial charge < -0.3 is 10.2 Å². The Morgan fingerprint density at radius 3 is 2.33 bits per heavy atom. The molecular formula is C12H22O3. The van der Waals surface area contributed by atoms with E-state index < -0.39 is 0 Å². The zero-order valence-corrected chi connectivity index (χ0v) is 10.1. The van der Waals surface area contributed by atoms with Crippen molar-refractivity contribution in [3.05, 3.63) is 23.3 Å². The fourth-order valence-corrected chi connectivity index (χ4v) is 1.13. The largest absolute Gasteiger partial charge is 0.466 e. The molecule has 0 radical (unpaired) electrons. The first-order valence-corrected chi connectivity index (χ1v) is 5.11. The van der Waals surface area contributed by atoms with Gasteiger partial charge in [0, 0.05) is 5.57 Å². The van der Waals surface area contributed by atoms with E-state index in [0.29, 0.717) is 5.57 Å². The molecule has 0 aromatic carbocycles. The summed E-state index contributed by atoms with van der Waals surface area (Å²) in [5, 5.41) is 0. The van der Waals surface area contributed by atoms with Crippen molar-refractivity contribution in [3.8, 4) is 0 Å². The van der Waals surface area contributed by atoms with Gasteiger partial charge in [0.25, 0.3) is 0 Å². The van der Waals surface area contributed by atoms with Crippen LogP contribution in [0.1, 0.15) is 40.0 Å². The van der Waals surface area contributed by atoms with Gasteiger partial charge in [-0.3, -0.25) is 0 Å². The molecule has 0 aliphatic carbocycles. The lowest BCUT2D eigenvalue weighted by Crippen LogP contribution is -2.01. The van der Waals surface area contributed by atoms with E-state index in [1.807, 2.05) is 6.08 Å². The summed E-state index contributed by atoms with van der Waals surface area (Å²) in [5.41, 5.74) is 1.87. The third-order valence-corrected chi connectivity index (χ3v) is 2.01. The number of hydrogen-bond acceptors (Lipinski definition) is 2. The van der Waals surface area contributed by atoms with Gasteiger partial charge in [-0.15, -0.1) is 0 Å². The average molecular weight is 214 g/mol. The summed E-state index contributed by atoms with van der Waals surface area (Å²) < 4.78 is 4.63. The van der Waals surface area contributed by atoms with E-state index in [2.05, 4.69) is 24.7 Å². The van der Waals surface area contributed by atoms with E-state index in [-0.39, 0.29) is 11.4 Å². The van der Waals surface area contributed by atoms with Crippen molar-refractivity contribution in [2.45, 2.75) is 40.0 Å². The number of hydrogen-bond donors (Lipinski definition) is 0. The second-order valence-electron chi connectivity index (χ2n) is 3.24. The van der Waals surface area contributed by atoms with E-state index >= 15 is 0 Å². The summed E-state index contributed by atoms with van der Waals surface area (Å²) in [6, 6.07) is 0. The van der Waals surface area contributed by atoms with Gasteiger partial charge in [-0.2, -0.15) is 0 Å². The molecule has 0 aliphatic rings. The van der Waals surface area contributed by atoms with Crippen molar-refractivity contribution in [2.24, 2.45) is 0 Å². The predicted octanol–water partition coefficient (Wildman–Crippen LogP) is 2.42. The van der Waals surface area contributed by atoms with Crippen LogP contribution in [0.25, 0.3) is 0 Å². The highest BCUT2D eigenvalue weighted by molar-refractivity contribution is 5.88. The monoisotopic (exact) mass is 214 g/mol. The van der Waals surface area contributed by atoms with Gasteiger partial charge in [0.05, 0.1) is 7.11 Å². The average Bonchev–Trinajstić information content (AvgIpc) is 2.22. The predicted molar refractivity (Wildman–Crippen MR) is 62.7 cm³/mol. The molecule has 15 heavy (non-hydrogen) atoms. The third-order valence-electron chi connectivity index (χ3n) is 2.01. The minimum atomic E-state index is -0.249. The number of esters is 1. The zero-order chi connectivity index (χ0) is 11.0. The van der Waals surface area contributed by atoms with Gasteiger partial charge >= 0.3 is 5.97 Å². The Kier molecular flexibility index (Phi) is 10.3. The number of carbonyl (C=O) groups excluding carboxylic acids is 1. The molecule has 0 bridgehead atoms. The lowest BCUT2D eigenvalue weighted by Gasteiger charge is -2.01. The summed E-state index contributed by atoms with van der Waals surface area (Å²) in [6.07, 6.45) is 7.23. The van der Waals surface area contributed by atoms with Crippen molar-refractivity contribution < 1.29 is 15.0 Å². The number of methoxy groups -OCH3 is 1. The minimum Gasteiger partial charge on any atom is -0.466 e. The summed E-state index contributed by atoms with van der Waals surface area (Å²) >= 11 is 0. The van der Waals surface area contributed by atoms with Gasteiger partial charge in [0.1, 0.15) is 0 Å². The van der Waals surface area contributed by atoms with Crippen molar-refractivity contribution in [3.63, 3.8) is 0 Å². The normalized spacial score (nSPS) is 12.0. The summed E-state index contributed by atoms with van der Waals surface area (Å²) in [7, 11) is 1.40. The van der Waals surface area contributed by atoms with Crippen molar-refractivity contribution >= 4 is 5.97 Å². The molecule has 0 heterocycles. The summed E-state index contributed by atoms with van der Waals surface area (Å²) in [4.78, 5) is 11.1. The molecule has 0 rings (SSSR count). The van der Waals surface area contributed by atoms with Crippen LogP contribution in [0.2, 0.25) is 0 Å². The lowest BCUT2D eigenvalue weighted by atomic mass is 10.1. The molecule has 0 aromatic rings. The molecule has 0 unspecified atom stereocenters. The second kappa shape index (κ2) is 9.46. The smallest absolute Gasteiger partial charge is 0.333 e. The SMILES string of the molecule is CCC/C=C(\C=C(/C)C(=O)OC)CC.O. The molecule has 0 atom stereocenters. The standard InChI is InChI=1S/C12H20O2.H2O/c1-5-7-8-11(6-2)9-10(3)12(13)14-4;/h8-9H,5-7H2,1-4H3;1H2/b10-9+,11-8-;. The van der Waals surface area contributed by atoms with Gasteiger partial charge in [0.15, 0.2) is 0 Å². The van der Waals surface area contributed by atoms with Crippen LogP contribution in [0, 0.1) is 0 Å². The Labute approximate surface area is 92.1 Å². The second-order valence-corrected chi connectivity index (χ2v) is 3.24. The van der Waals surface area contributed by atoms with Crippen molar-refractivity contribution in [1.82, 2.24) is 0 Å². The maximum absolute atomic E-state index is 11.1. The molecule has 0 saturated heterocycles. The molecule has 2 N–H and O–H groups in total. The molecule has 3 heteroatoms. The van der Waals surface area contributed by atoms with Crippen LogP contribution in [0.5, 0.6) is 0 Å². The molecular weight excluding hydrogens is 192 g/mol. The first-order valence-electron chi connectivity index (χ1n) is 5.11. The molecule has 0 saturated carbocycles. The number of ether oxygens (including phenoxy) is 1. The van der Waals surface area contributed by atoms with Crippen LogP contribution in [-0.2, 0) is 9.53 Å². The molecule has 0 aliphatic heterocycles. The van der Waals surface area contributed by atoms with E-state index in [1.165, 1.54) is 12.7 Å². The highest BCUT2D eigenvalue weighted by atomic mass is 16.5. The Balaban J connectivity index is 0. The van der Waals surface area contributed by atoms with Gasteiger partial charge in [0.2, 0.25) is 0 Å². The molecule has 0 aromatic heterocycles. The topological polar surface area (TPSA) is 57.8 Å². The van der Waals surface area contributed by atoms with E-state index in [0.717, 1.165) is 19.3 Å². The van der Waals surface area contributed by atoms with Crippen LogP contribution in [0.15, 0.2) is 23.3 Å². The van der Waals surface area contributed by atoms with Crippen LogP contribution >= 0.6 is 0 Å². The maximum atomic E-state index is 11.1. The van der Waals surface area contributed by atoms with Crippen LogP contribution in [0.3, 0.4) is 0 Å². The number of allylic oxidation sites excluding steroid dienone is 3. The fraction of sp³-hybridized carbons (Fsp3) is 0.583. The molecule has 88 valence electrons. The fourth-order valence-electron chi connectivity index (χ4n) is 1.13. The van der Waals surface area contributed by atoms with E-state index in [1.54, 1.807) is 6.92 Å². The number of rotatable bonds is 5. The van der Waals surface area contributed by atoms with Crippen molar-refractivity contribution in [1.29, 1.82) is 0 Å². The number of carbonyl (C=O) groups is 1. The van der Waals surface area contributed by atoms with Gasteiger partial charge in [-0.25, -0.2) is 4.79 Å². The Bertz CT molecular complexity index is 239. The van der Waals surface area contributed by atoms with Crippen LogP contribution < -0.4 is 0 Å². The van der Waals surface area contributed by atoms with Crippen molar-refractivity contribution in [2.75, 3.05) is 7.11 Å². The molecule has 0 spiro atoms. The lowest BCUT2D eigenvalue weighted by molar-refractivity contribution is -0.136. The van der Waals surface area contributed by atoms with Gasteiger partial charge in [-0.05, 0) is 25.8 Å². The Morgan fingerprint density at radius 2 is 1.93 bits per heavy atom. The van der Waals surface area contributed by atoms with Gasteiger partial charge in [-0.1, -0.05) is 31.9 Å². The summed E-state index contributed by atoms with van der Waals surface area (Å²) in [5.74, 6) is -0.249. The first kappa shape index (κ1) is 16.3. The first-order chi connectivity index (χ1) is 6.65.